The third-order valence-corrected chi connectivity index (χ3v) is 1.57. The van der Waals surface area contributed by atoms with E-state index in [1.807, 2.05) is 42.5 Å². The Balaban J connectivity index is 2.25. The van der Waals surface area contributed by atoms with Gasteiger partial charge in [0.25, 0.3) is 0 Å². The highest BCUT2D eigenvalue weighted by molar-refractivity contribution is 5.75. The van der Waals surface area contributed by atoms with E-state index in [2.05, 4.69) is 0 Å². The molecule has 0 saturated carbocycles. The largest absolute Gasteiger partial charge is 0.368 e. The molecule has 0 atom stereocenters. The molecule has 0 aliphatic heterocycles. The van der Waals surface area contributed by atoms with Crippen LogP contribution in [-0.4, -0.2) is 19.1 Å². The lowest BCUT2D eigenvalue weighted by Crippen LogP contribution is -2.17. The number of nitrogens with two attached hydrogens (primary N) is 1. The highest BCUT2D eigenvalue weighted by Crippen LogP contribution is 2.00. The van der Waals surface area contributed by atoms with Crippen molar-refractivity contribution in [2.75, 3.05) is 13.2 Å². The first-order valence-corrected chi connectivity index (χ1v) is 4.36. The minimum atomic E-state index is -0.446. The molecule has 0 bridgehead atoms. The summed E-state index contributed by atoms with van der Waals surface area (Å²) < 4.78 is 4.96. The molecule has 1 amide bonds. The van der Waals surface area contributed by atoms with Gasteiger partial charge < -0.3 is 10.5 Å². The van der Waals surface area contributed by atoms with E-state index in [1.165, 1.54) is 0 Å². The Labute approximate surface area is 83.2 Å². The summed E-state index contributed by atoms with van der Waals surface area (Å²) in [6, 6.07) is 9.87. The van der Waals surface area contributed by atoms with Gasteiger partial charge in [-0.3, -0.25) is 4.79 Å². The molecule has 0 aliphatic rings. The van der Waals surface area contributed by atoms with Crippen LogP contribution < -0.4 is 5.73 Å². The fourth-order valence-corrected chi connectivity index (χ4v) is 0.976. The van der Waals surface area contributed by atoms with Crippen molar-refractivity contribution in [3.05, 3.63) is 42.0 Å². The standard InChI is InChI=1S/C11H13NO2/c12-11(13)9-14-8-4-7-10-5-2-1-3-6-10/h1-7H,8-9H2,(H2,12,13). The number of hydrogen-bond acceptors (Lipinski definition) is 2. The predicted molar refractivity (Wildman–Crippen MR) is 55.5 cm³/mol. The summed E-state index contributed by atoms with van der Waals surface area (Å²) in [6.45, 7) is 0.372. The maximum Gasteiger partial charge on any atom is 0.243 e. The highest BCUT2D eigenvalue weighted by atomic mass is 16.5. The first kappa shape index (κ1) is 10.5. The Bertz CT molecular complexity index is 306. The quantitative estimate of drug-likeness (QED) is 0.711. The minimum absolute atomic E-state index is 0.0286. The zero-order valence-electron chi connectivity index (χ0n) is 7.85. The lowest BCUT2D eigenvalue weighted by Gasteiger charge is -1.95. The summed E-state index contributed by atoms with van der Waals surface area (Å²) >= 11 is 0. The van der Waals surface area contributed by atoms with Gasteiger partial charge in [-0.05, 0) is 5.56 Å². The van der Waals surface area contributed by atoms with E-state index in [-0.39, 0.29) is 6.61 Å². The van der Waals surface area contributed by atoms with Crippen molar-refractivity contribution in [1.29, 1.82) is 0 Å². The number of amides is 1. The van der Waals surface area contributed by atoms with Crippen molar-refractivity contribution in [2.45, 2.75) is 0 Å². The third kappa shape index (κ3) is 4.42. The van der Waals surface area contributed by atoms with Crippen LogP contribution in [0.15, 0.2) is 36.4 Å². The molecule has 74 valence electrons. The van der Waals surface area contributed by atoms with E-state index in [0.29, 0.717) is 6.61 Å². The van der Waals surface area contributed by atoms with Crippen LogP contribution in [0.5, 0.6) is 0 Å². The molecule has 1 rings (SSSR count). The van der Waals surface area contributed by atoms with Crippen LogP contribution >= 0.6 is 0 Å². The molecule has 1 aromatic rings. The van der Waals surface area contributed by atoms with Crippen molar-refractivity contribution < 1.29 is 9.53 Å². The zero-order chi connectivity index (χ0) is 10.2. The molecule has 0 heterocycles. The van der Waals surface area contributed by atoms with Crippen molar-refractivity contribution in [2.24, 2.45) is 5.73 Å². The van der Waals surface area contributed by atoms with Gasteiger partial charge in [-0.25, -0.2) is 0 Å². The number of primary amides is 1. The molecule has 1 aromatic carbocycles. The fraction of sp³-hybridized carbons (Fsp3) is 0.182. The monoisotopic (exact) mass is 191 g/mol. The maximum atomic E-state index is 10.3. The van der Waals surface area contributed by atoms with Gasteiger partial charge >= 0.3 is 0 Å². The Kier molecular flexibility index (Phi) is 4.44. The van der Waals surface area contributed by atoms with Crippen LogP contribution in [0.4, 0.5) is 0 Å². The van der Waals surface area contributed by atoms with Crippen LogP contribution in [-0.2, 0) is 9.53 Å². The normalized spacial score (nSPS) is 10.6. The van der Waals surface area contributed by atoms with Gasteiger partial charge in [-0.2, -0.15) is 0 Å². The molecule has 0 aliphatic carbocycles. The average molecular weight is 191 g/mol. The fourth-order valence-electron chi connectivity index (χ4n) is 0.976. The van der Waals surface area contributed by atoms with Crippen LogP contribution in [0.25, 0.3) is 6.08 Å². The molecule has 0 radical (unpaired) electrons. The SMILES string of the molecule is NC(=O)COCC=Cc1ccccc1. The van der Waals surface area contributed by atoms with E-state index >= 15 is 0 Å². The molecule has 0 saturated heterocycles. The van der Waals surface area contributed by atoms with Gasteiger partial charge in [-0.1, -0.05) is 42.5 Å². The van der Waals surface area contributed by atoms with E-state index in [0.717, 1.165) is 5.56 Å². The van der Waals surface area contributed by atoms with Gasteiger partial charge in [0.2, 0.25) is 5.91 Å². The van der Waals surface area contributed by atoms with Crippen molar-refractivity contribution in [3.63, 3.8) is 0 Å². The smallest absolute Gasteiger partial charge is 0.243 e. The molecule has 0 spiro atoms. The molecule has 0 aromatic heterocycles. The number of hydrogen-bond donors (Lipinski definition) is 1. The molecule has 2 N–H and O–H groups in total. The van der Waals surface area contributed by atoms with Crippen molar-refractivity contribution >= 4 is 12.0 Å². The predicted octanol–water partition coefficient (Wildman–Crippen LogP) is 1.20. The van der Waals surface area contributed by atoms with Gasteiger partial charge in [-0.15, -0.1) is 0 Å². The maximum absolute atomic E-state index is 10.3. The van der Waals surface area contributed by atoms with E-state index in [1.54, 1.807) is 0 Å². The van der Waals surface area contributed by atoms with Crippen LogP contribution in [0.3, 0.4) is 0 Å². The lowest BCUT2D eigenvalue weighted by atomic mass is 10.2. The minimum Gasteiger partial charge on any atom is -0.368 e. The number of rotatable bonds is 5. The molecule has 0 unspecified atom stereocenters. The first-order valence-electron chi connectivity index (χ1n) is 4.36. The molecular weight excluding hydrogens is 178 g/mol. The molecule has 3 nitrogen and oxygen atoms in total. The number of carbonyl (C=O) groups is 1. The Morgan fingerprint density at radius 1 is 1.36 bits per heavy atom. The molecular formula is C11H13NO2. The zero-order valence-corrected chi connectivity index (χ0v) is 7.85. The number of ether oxygens (including phenoxy) is 1. The second-order valence-electron chi connectivity index (χ2n) is 2.79. The highest BCUT2D eigenvalue weighted by Gasteiger charge is 1.90. The lowest BCUT2D eigenvalue weighted by molar-refractivity contribution is -0.122. The van der Waals surface area contributed by atoms with Crippen molar-refractivity contribution in [1.82, 2.24) is 0 Å². The first-order chi connectivity index (χ1) is 6.79. The van der Waals surface area contributed by atoms with Crippen LogP contribution in [0.1, 0.15) is 5.56 Å². The summed E-state index contributed by atoms with van der Waals surface area (Å²) in [5.74, 6) is -0.446. The van der Waals surface area contributed by atoms with Gasteiger partial charge in [0.1, 0.15) is 6.61 Å². The summed E-state index contributed by atoms with van der Waals surface area (Å²) in [7, 11) is 0. The van der Waals surface area contributed by atoms with E-state index in [4.69, 9.17) is 10.5 Å². The van der Waals surface area contributed by atoms with E-state index < -0.39 is 5.91 Å². The van der Waals surface area contributed by atoms with Gasteiger partial charge in [0.05, 0.1) is 6.61 Å². The Hall–Kier alpha value is -1.61. The number of benzene rings is 1. The van der Waals surface area contributed by atoms with Gasteiger partial charge in [0.15, 0.2) is 0 Å². The van der Waals surface area contributed by atoms with E-state index in [9.17, 15) is 4.79 Å². The Morgan fingerprint density at radius 2 is 2.07 bits per heavy atom. The number of carbonyl (C=O) groups excluding carboxylic acids is 1. The molecule has 3 heteroatoms. The summed E-state index contributed by atoms with van der Waals surface area (Å²) in [6.07, 6.45) is 3.78. The molecule has 0 fully saturated rings. The molecule has 14 heavy (non-hydrogen) atoms. The second kappa shape index (κ2) is 5.94. The second-order valence-corrected chi connectivity index (χ2v) is 2.79. The topological polar surface area (TPSA) is 52.3 Å². The Morgan fingerprint density at radius 3 is 2.71 bits per heavy atom. The van der Waals surface area contributed by atoms with Gasteiger partial charge in [0, 0.05) is 0 Å². The van der Waals surface area contributed by atoms with Crippen LogP contribution in [0.2, 0.25) is 0 Å². The summed E-state index contributed by atoms with van der Waals surface area (Å²) in [4.78, 5) is 10.3. The summed E-state index contributed by atoms with van der Waals surface area (Å²) in [5.41, 5.74) is 6.00. The van der Waals surface area contributed by atoms with Crippen molar-refractivity contribution in [3.8, 4) is 0 Å². The average Bonchev–Trinajstić information content (AvgIpc) is 2.18. The third-order valence-electron chi connectivity index (χ3n) is 1.57. The summed E-state index contributed by atoms with van der Waals surface area (Å²) in [5, 5.41) is 0. The van der Waals surface area contributed by atoms with Crippen LogP contribution in [0, 0.1) is 0 Å².